The first-order valence-corrected chi connectivity index (χ1v) is 4.50. The first-order chi connectivity index (χ1) is 6.24. The highest BCUT2D eigenvalue weighted by Gasteiger charge is 2.21. The minimum absolute atomic E-state index is 0.237. The predicted octanol–water partition coefficient (Wildman–Crippen LogP) is 0.146. The molecule has 72 valence electrons. The highest BCUT2D eigenvalue weighted by molar-refractivity contribution is 5.10. The molecule has 1 aliphatic heterocycles. The first-order valence-electron chi connectivity index (χ1n) is 4.50. The number of nitrogens with two attached hydrogens (primary N) is 1. The van der Waals surface area contributed by atoms with E-state index in [1.54, 1.807) is 0 Å². The molecule has 1 fully saturated rings. The van der Waals surface area contributed by atoms with Crippen LogP contribution in [0.4, 0.5) is 5.95 Å². The van der Waals surface area contributed by atoms with E-state index in [1.807, 2.05) is 0 Å². The lowest BCUT2D eigenvalue weighted by Gasteiger charge is -2.06. The van der Waals surface area contributed by atoms with Crippen molar-refractivity contribution in [3.63, 3.8) is 0 Å². The molecule has 1 unspecified atom stereocenters. The van der Waals surface area contributed by atoms with Crippen LogP contribution in [0.5, 0.6) is 0 Å². The molecule has 0 saturated carbocycles. The van der Waals surface area contributed by atoms with E-state index in [0.29, 0.717) is 11.8 Å². The molecule has 13 heavy (non-hydrogen) atoms. The number of rotatable bonds is 2. The van der Waals surface area contributed by atoms with Gasteiger partial charge in [-0.25, -0.2) is 0 Å². The Morgan fingerprint density at radius 1 is 1.69 bits per heavy atom. The largest absolute Gasteiger partial charge is 0.365 e. The lowest BCUT2D eigenvalue weighted by atomic mass is 10.1. The Labute approximate surface area is 76.9 Å². The molecular formula is C8H14N4O. The molecule has 2 heterocycles. The number of anilines is 1. The van der Waals surface area contributed by atoms with Crippen molar-refractivity contribution in [2.75, 3.05) is 25.9 Å². The second kappa shape index (κ2) is 3.33. The Bertz CT molecular complexity index is 285. The van der Waals surface area contributed by atoms with E-state index in [2.05, 4.69) is 22.1 Å². The van der Waals surface area contributed by atoms with E-state index < -0.39 is 0 Å². The normalized spacial score (nSPS) is 23.9. The van der Waals surface area contributed by atoms with Gasteiger partial charge in [-0.1, -0.05) is 0 Å². The van der Waals surface area contributed by atoms with Gasteiger partial charge in [-0.05, 0) is 31.1 Å². The molecule has 0 aromatic carbocycles. The van der Waals surface area contributed by atoms with Crippen LogP contribution in [0.25, 0.3) is 0 Å². The van der Waals surface area contributed by atoms with Gasteiger partial charge in [0.15, 0.2) is 0 Å². The Morgan fingerprint density at radius 2 is 2.54 bits per heavy atom. The summed E-state index contributed by atoms with van der Waals surface area (Å²) in [4.78, 5) is 6.29. The van der Waals surface area contributed by atoms with Gasteiger partial charge < -0.3 is 15.2 Å². The number of nitrogens with zero attached hydrogens (tertiary/aromatic N) is 3. The summed E-state index contributed by atoms with van der Waals surface area (Å²) in [7, 11) is 2.13. The van der Waals surface area contributed by atoms with Crippen LogP contribution in [-0.2, 0) is 6.42 Å². The maximum Gasteiger partial charge on any atom is 0.260 e. The SMILES string of the molecule is CN1CCC(Cc2nc(N)no2)C1. The van der Waals surface area contributed by atoms with Crippen LogP contribution in [0.1, 0.15) is 12.3 Å². The Hall–Kier alpha value is -1.10. The predicted molar refractivity (Wildman–Crippen MR) is 48.0 cm³/mol. The number of hydrogen-bond donors (Lipinski definition) is 1. The molecule has 1 aromatic rings. The summed E-state index contributed by atoms with van der Waals surface area (Å²) in [6.07, 6.45) is 2.06. The van der Waals surface area contributed by atoms with Crippen molar-refractivity contribution in [2.24, 2.45) is 5.92 Å². The zero-order valence-electron chi connectivity index (χ0n) is 7.73. The van der Waals surface area contributed by atoms with E-state index >= 15 is 0 Å². The van der Waals surface area contributed by atoms with Gasteiger partial charge >= 0.3 is 0 Å². The molecule has 5 nitrogen and oxygen atoms in total. The van der Waals surface area contributed by atoms with Crippen molar-refractivity contribution in [1.82, 2.24) is 15.0 Å². The molecule has 0 spiro atoms. The molecule has 2 N–H and O–H groups in total. The van der Waals surface area contributed by atoms with Crippen molar-refractivity contribution in [3.05, 3.63) is 5.89 Å². The molecule has 5 heteroatoms. The summed E-state index contributed by atoms with van der Waals surface area (Å²) in [5, 5.41) is 3.56. The molecule has 1 aromatic heterocycles. The Kier molecular flexibility index (Phi) is 2.18. The summed E-state index contributed by atoms with van der Waals surface area (Å²) in [6.45, 7) is 2.27. The molecule has 1 aliphatic rings. The lowest BCUT2D eigenvalue weighted by Crippen LogP contribution is -2.15. The fraction of sp³-hybridized carbons (Fsp3) is 0.750. The average molecular weight is 182 g/mol. The average Bonchev–Trinajstić information content (AvgIpc) is 2.62. The molecule has 1 saturated heterocycles. The van der Waals surface area contributed by atoms with E-state index in [-0.39, 0.29) is 5.95 Å². The van der Waals surface area contributed by atoms with Gasteiger partial charge in [-0.2, -0.15) is 4.98 Å². The van der Waals surface area contributed by atoms with Crippen LogP contribution in [-0.4, -0.2) is 35.2 Å². The van der Waals surface area contributed by atoms with Gasteiger partial charge in [0.2, 0.25) is 5.89 Å². The minimum atomic E-state index is 0.237. The number of aromatic nitrogens is 2. The molecule has 0 radical (unpaired) electrons. The van der Waals surface area contributed by atoms with Gasteiger partial charge in [0.05, 0.1) is 0 Å². The van der Waals surface area contributed by atoms with Crippen LogP contribution in [0.15, 0.2) is 4.52 Å². The molecule has 0 bridgehead atoms. The summed E-state index contributed by atoms with van der Waals surface area (Å²) >= 11 is 0. The standard InChI is InChI=1S/C8H14N4O/c1-12-3-2-6(5-12)4-7-10-8(9)11-13-7/h6H,2-5H2,1H3,(H2,9,11). The summed E-state index contributed by atoms with van der Waals surface area (Å²) in [6, 6.07) is 0. The van der Waals surface area contributed by atoms with Gasteiger partial charge in [-0.15, -0.1) is 0 Å². The van der Waals surface area contributed by atoms with E-state index in [1.165, 1.54) is 6.42 Å². The van der Waals surface area contributed by atoms with Crippen LogP contribution in [0.2, 0.25) is 0 Å². The fourth-order valence-electron chi connectivity index (χ4n) is 1.79. The van der Waals surface area contributed by atoms with E-state index in [4.69, 9.17) is 10.3 Å². The van der Waals surface area contributed by atoms with Crippen molar-refractivity contribution in [2.45, 2.75) is 12.8 Å². The van der Waals surface area contributed by atoms with Gasteiger partial charge in [0.25, 0.3) is 5.95 Å². The number of likely N-dealkylation sites (tertiary alicyclic amines) is 1. The highest BCUT2D eigenvalue weighted by Crippen LogP contribution is 2.18. The third-order valence-electron chi connectivity index (χ3n) is 2.44. The highest BCUT2D eigenvalue weighted by atomic mass is 16.5. The number of hydrogen-bond acceptors (Lipinski definition) is 5. The molecule has 0 aliphatic carbocycles. The Balaban J connectivity index is 1.91. The van der Waals surface area contributed by atoms with Gasteiger partial charge in [0, 0.05) is 13.0 Å². The van der Waals surface area contributed by atoms with Crippen molar-refractivity contribution in [1.29, 1.82) is 0 Å². The quantitative estimate of drug-likeness (QED) is 0.705. The lowest BCUT2D eigenvalue weighted by molar-refractivity contribution is 0.344. The second-order valence-electron chi connectivity index (χ2n) is 3.67. The van der Waals surface area contributed by atoms with Crippen molar-refractivity contribution < 1.29 is 4.52 Å². The van der Waals surface area contributed by atoms with Crippen molar-refractivity contribution in [3.8, 4) is 0 Å². The third kappa shape index (κ3) is 1.98. The first kappa shape index (κ1) is 8.50. The second-order valence-corrected chi connectivity index (χ2v) is 3.67. The third-order valence-corrected chi connectivity index (χ3v) is 2.44. The van der Waals surface area contributed by atoms with Gasteiger partial charge in [-0.3, -0.25) is 0 Å². The summed E-state index contributed by atoms with van der Waals surface area (Å²) < 4.78 is 4.96. The number of nitrogen functional groups attached to an aromatic ring is 1. The molecule has 1 atom stereocenters. The monoisotopic (exact) mass is 182 g/mol. The van der Waals surface area contributed by atoms with E-state index in [0.717, 1.165) is 19.5 Å². The maximum atomic E-state index is 5.35. The fourth-order valence-corrected chi connectivity index (χ4v) is 1.79. The molecule has 0 amide bonds. The van der Waals surface area contributed by atoms with E-state index in [9.17, 15) is 0 Å². The summed E-state index contributed by atoms with van der Waals surface area (Å²) in [5.74, 6) is 1.55. The van der Waals surface area contributed by atoms with Gasteiger partial charge in [0.1, 0.15) is 0 Å². The molecule has 2 rings (SSSR count). The van der Waals surface area contributed by atoms with Crippen LogP contribution >= 0.6 is 0 Å². The minimum Gasteiger partial charge on any atom is -0.365 e. The topological polar surface area (TPSA) is 68.2 Å². The zero-order chi connectivity index (χ0) is 9.26. The Morgan fingerprint density at radius 3 is 3.08 bits per heavy atom. The summed E-state index contributed by atoms with van der Waals surface area (Å²) in [5.41, 5.74) is 5.35. The van der Waals surface area contributed by atoms with Crippen LogP contribution < -0.4 is 5.73 Å². The molecular weight excluding hydrogens is 168 g/mol. The smallest absolute Gasteiger partial charge is 0.260 e. The maximum absolute atomic E-state index is 5.35. The van der Waals surface area contributed by atoms with Crippen LogP contribution in [0.3, 0.4) is 0 Å². The van der Waals surface area contributed by atoms with Crippen molar-refractivity contribution >= 4 is 5.95 Å². The zero-order valence-corrected chi connectivity index (χ0v) is 7.73. The van der Waals surface area contributed by atoms with Crippen LogP contribution in [0, 0.1) is 5.92 Å².